The van der Waals surface area contributed by atoms with Gasteiger partial charge >= 0.3 is 36.2 Å². The Balaban J connectivity index is 0.928. The van der Waals surface area contributed by atoms with Crippen LogP contribution in [0.3, 0.4) is 0 Å². The van der Waals surface area contributed by atoms with Gasteiger partial charge in [0.1, 0.15) is 23.3 Å². The second-order valence-electron chi connectivity index (χ2n) is 20.7. The highest BCUT2D eigenvalue weighted by Crippen LogP contribution is 2.46. The lowest BCUT2D eigenvalue weighted by Crippen LogP contribution is -2.58. The van der Waals surface area contributed by atoms with Crippen LogP contribution in [-0.4, -0.2) is 146 Å². The summed E-state index contributed by atoms with van der Waals surface area (Å²) in [7, 11) is -1.70. The van der Waals surface area contributed by atoms with Crippen LogP contribution < -0.4 is 21.3 Å². The zero-order valence-corrected chi connectivity index (χ0v) is 49.6. The molecule has 4 heterocycles. The number of nitrogens with zero attached hydrogens (tertiary/aromatic N) is 7. The normalized spacial score (nSPS) is 17.4. The summed E-state index contributed by atoms with van der Waals surface area (Å²) >= 11 is 2.30. The lowest BCUT2D eigenvalue weighted by molar-refractivity contribution is -0.152. The molecule has 2 fully saturated rings. The quantitative estimate of drug-likeness (QED) is 0.0279. The van der Waals surface area contributed by atoms with E-state index in [2.05, 4.69) is 36.8 Å². The van der Waals surface area contributed by atoms with Gasteiger partial charge in [-0.1, -0.05) is 139 Å². The third kappa shape index (κ3) is 13.5. The maximum atomic E-state index is 14.7. The molecule has 9 rings (SSSR count). The largest absolute Gasteiger partial charge is 0.468 e. The van der Waals surface area contributed by atoms with Gasteiger partial charge in [0, 0.05) is 40.9 Å². The Bertz CT molecular complexity index is 3680. The summed E-state index contributed by atoms with van der Waals surface area (Å²) in [5.41, 5.74) is -0.674. The van der Waals surface area contributed by atoms with Crippen molar-refractivity contribution in [1.82, 2.24) is 44.9 Å². The second kappa shape index (κ2) is 25.9. The van der Waals surface area contributed by atoms with Gasteiger partial charge in [0.05, 0.1) is 44.3 Å². The lowest BCUT2D eigenvalue weighted by Gasteiger charge is -2.47. The number of sulfonamides is 1. The van der Waals surface area contributed by atoms with Gasteiger partial charge in [-0.05, 0) is 60.0 Å². The van der Waals surface area contributed by atoms with E-state index in [0.29, 0.717) is 31.1 Å². The molecular weight excluding hydrogens is 1170 g/mol. The first-order chi connectivity index (χ1) is 41.1. The number of esters is 2. The molecule has 2 saturated heterocycles. The van der Waals surface area contributed by atoms with Gasteiger partial charge in [-0.3, -0.25) is 29.9 Å². The Labute approximate surface area is 502 Å². The number of para-hydroxylation sites is 2. The van der Waals surface area contributed by atoms with Crippen LogP contribution in [0.1, 0.15) is 67.2 Å². The van der Waals surface area contributed by atoms with Crippen LogP contribution in [0.15, 0.2) is 156 Å². The van der Waals surface area contributed by atoms with Crippen molar-refractivity contribution in [1.29, 1.82) is 0 Å². The topological polar surface area (TPSA) is 309 Å². The third-order valence-corrected chi connectivity index (χ3v) is 17.3. The van der Waals surface area contributed by atoms with Gasteiger partial charge in [0.15, 0.2) is 11.5 Å². The number of aryl methyl sites for hydroxylation is 1. The number of imide groups is 1. The molecule has 0 saturated carbocycles. The smallest absolute Gasteiger partial charge is 0.412 e. The molecular formula is C58H59N11O14S3. The van der Waals surface area contributed by atoms with Gasteiger partial charge in [-0.15, -0.1) is 16.9 Å². The van der Waals surface area contributed by atoms with E-state index in [4.69, 9.17) is 18.9 Å². The van der Waals surface area contributed by atoms with E-state index in [1.54, 1.807) is 125 Å². The standard InChI is InChI=1S/C58H59N11O14S3/c1-57(2,3)83-55(76)61-42-29-19-17-27-40(42)58(51(73)80-5,37-24-14-9-15-25-37)34-81-54(75)60-41-28-18-16-26-38(41)43-32-67(56(77)69(43)86(6,78)79)52(74)59-31-44(70)62-49-39(33-84-53-63-64-65-66(53)4)47(68-45(71)30-46(68)85-49)50(72)82-48(35-20-10-7-11-21-35)36-22-12-8-13-23-36/h7-29,43,46,48-49H,30-34H2,1-6H3,(H,59,74)(H,60,75)(H,61,76)(H,62,70)/t43?,46-,49+,58?/m0/s1. The van der Waals surface area contributed by atoms with Crippen LogP contribution in [-0.2, 0) is 60.6 Å². The van der Waals surface area contributed by atoms with Crippen LogP contribution in [0, 0.1) is 0 Å². The number of tetrazole rings is 1. The van der Waals surface area contributed by atoms with Gasteiger partial charge in [-0.2, -0.15) is 0 Å². The molecule has 448 valence electrons. The molecule has 2 unspecified atom stereocenters. The molecule has 1 aromatic heterocycles. The summed E-state index contributed by atoms with van der Waals surface area (Å²) in [5.74, 6) is -2.88. The van der Waals surface area contributed by atoms with Crippen molar-refractivity contribution in [3.8, 4) is 0 Å². The number of β-lactam (4-membered cyclic amide) rings is 1. The van der Waals surface area contributed by atoms with Gasteiger partial charge in [0.25, 0.3) is 0 Å². The van der Waals surface area contributed by atoms with Crippen molar-refractivity contribution in [2.75, 3.05) is 49.4 Å². The summed E-state index contributed by atoms with van der Waals surface area (Å²) < 4.78 is 51.8. The number of methoxy groups -OCH3 is 1. The molecule has 4 atom stereocenters. The minimum absolute atomic E-state index is 0.0224. The Morgan fingerprint density at radius 2 is 1.41 bits per heavy atom. The monoisotopic (exact) mass is 1230 g/mol. The summed E-state index contributed by atoms with van der Waals surface area (Å²) in [6.07, 6.45) is -2.07. The van der Waals surface area contributed by atoms with Crippen LogP contribution >= 0.6 is 23.5 Å². The van der Waals surface area contributed by atoms with Gasteiger partial charge in [-0.25, -0.2) is 46.3 Å². The molecule has 6 aromatic rings. The fourth-order valence-electron chi connectivity index (χ4n) is 9.90. The van der Waals surface area contributed by atoms with Crippen molar-refractivity contribution in [3.63, 3.8) is 0 Å². The van der Waals surface area contributed by atoms with Crippen LogP contribution in [0.2, 0.25) is 0 Å². The van der Waals surface area contributed by atoms with E-state index in [0.717, 1.165) is 25.1 Å². The number of ether oxygens (including phenoxy) is 4. The van der Waals surface area contributed by atoms with E-state index >= 15 is 0 Å². The Morgan fingerprint density at radius 3 is 2.01 bits per heavy atom. The fourth-order valence-corrected chi connectivity index (χ4v) is 13.4. The lowest BCUT2D eigenvalue weighted by atomic mass is 9.74. The number of benzene rings is 5. The number of thioether (sulfide) groups is 2. The van der Waals surface area contributed by atoms with Crippen LogP contribution in [0.5, 0.6) is 0 Å². The number of urea groups is 2. The number of fused-ring (bicyclic) bond motifs is 1. The molecule has 86 heavy (non-hydrogen) atoms. The SMILES string of the molecule is COC(=O)C(COC(=O)Nc1ccccc1C1CN(C(=O)NCC(=O)N[C@@H]2S[C@H]3CC(=O)N3C(C(=O)OC(c3ccccc3)c3ccccc3)=C2CSc2nnnn2C)C(=O)N1S(C)(=O)=O)(c1ccccc1)c1ccccc1NC(=O)OC(C)(C)C. The second-order valence-corrected chi connectivity index (χ2v) is 24.8. The first-order valence-corrected chi connectivity index (χ1v) is 30.4. The first-order valence-electron chi connectivity index (χ1n) is 26.6. The zero-order chi connectivity index (χ0) is 61.5. The molecule has 28 heteroatoms. The highest BCUT2D eigenvalue weighted by atomic mass is 32.2. The zero-order valence-electron chi connectivity index (χ0n) is 47.2. The van der Waals surface area contributed by atoms with E-state index < -0.39 is 106 Å². The molecule has 8 amide bonds. The number of rotatable bonds is 19. The number of carbonyl (C=O) groups is 8. The summed E-state index contributed by atoms with van der Waals surface area (Å²) in [6.45, 7) is 2.98. The van der Waals surface area contributed by atoms with Crippen molar-refractivity contribution < 1.29 is 65.7 Å². The minimum Gasteiger partial charge on any atom is -0.468 e. The molecule has 25 nitrogen and oxygen atoms in total. The Morgan fingerprint density at radius 1 is 0.802 bits per heavy atom. The predicted octanol–water partition coefficient (Wildman–Crippen LogP) is 6.84. The van der Waals surface area contributed by atoms with E-state index in [9.17, 15) is 46.8 Å². The minimum atomic E-state index is -4.47. The Kier molecular flexibility index (Phi) is 18.5. The molecule has 3 aliphatic rings. The number of aromatic nitrogens is 4. The molecule has 0 radical (unpaired) electrons. The van der Waals surface area contributed by atoms with E-state index in [1.807, 2.05) is 12.1 Å². The van der Waals surface area contributed by atoms with E-state index in [1.165, 1.54) is 51.7 Å². The van der Waals surface area contributed by atoms with E-state index in [-0.39, 0.29) is 51.9 Å². The number of anilines is 2. The summed E-state index contributed by atoms with van der Waals surface area (Å²) in [4.78, 5) is 114. The molecule has 5 aromatic carbocycles. The molecule has 0 bridgehead atoms. The average molecular weight is 1230 g/mol. The van der Waals surface area contributed by atoms with Crippen molar-refractivity contribution >= 4 is 92.9 Å². The first kappa shape index (κ1) is 61.3. The van der Waals surface area contributed by atoms with Crippen molar-refractivity contribution in [2.24, 2.45) is 7.05 Å². The van der Waals surface area contributed by atoms with Crippen LogP contribution in [0.25, 0.3) is 0 Å². The molecule has 0 spiro atoms. The third-order valence-electron chi connectivity index (χ3n) is 13.8. The maximum Gasteiger partial charge on any atom is 0.412 e. The van der Waals surface area contributed by atoms with Crippen molar-refractivity contribution in [3.05, 3.63) is 179 Å². The number of carbonyl (C=O) groups excluding carboxylic acids is 8. The highest BCUT2D eigenvalue weighted by molar-refractivity contribution is 8.01. The van der Waals surface area contributed by atoms with Gasteiger partial charge < -0.3 is 29.6 Å². The molecule has 3 aliphatic heterocycles. The van der Waals surface area contributed by atoms with Crippen LogP contribution in [0.4, 0.5) is 30.6 Å². The molecule has 0 aliphatic carbocycles. The number of hydrogen-bond acceptors (Lipinski definition) is 19. The maximum absolute atomic E-state index is 14.7. The summed E-state index contributed by atoms with van der Waals surface area (Å²) in [6, 6.07) is 34.6. The number of hydrogen-bond donors (Lipinski definition) is 4. The predicted molar refractivity (Wildman–Crippen MR) is 314 cm³/mol. The highest BCUT2D eigenvalue weighted by Gasteiger charge is 2.51. The Hall–Kier alpha value is -9.28. The fraction of sp³-hybridized carbons (Fsp3) is 0.293. The number of amides is 8. The average Bonchev–Trinajstić information content (AvgIpc) is 1.62. The van der Waals surface area contributed by atoms with Gasteiger partial charge in [0.2, 0.25) is 27.0 Å². The summed E-state index contributed by atoms with van der Waals surface area (Å²) in [5, 5.41) is 20.9. The van der Waals surface area contributed by atoms with Crippen molar-refractivity contribution in [2.45, 2.75) is 66.3 Å². The molecule has 4 N–H and O–H groups in total. The number of nitrogens with one attached hydrogen (secondary N) is 4.